The fourth-order valence-corrected chi connectivity index (χ4v) is 5.13. The van der Waals surface area contributed by atoms with E-state index in [0.29, 0.717) is 19.0 Å². The second kappa shape index (κ2) is 7.92. The molecule has 0 radical (unpaired) electrons. The fraction of sp³-hybridized carbons (Fsp3) is 0.688. The summed E-state index contributed by atoms with van der Waals surface area (Å²) in [6.07, 6.45) is 2.19. The zero-order valence-electron chi connectivity index (χ0n) is 14.9. The van der Waals surface area contributed by atoms with Crippen LogP contribution in [0.15, 0.2) is 22.5 Å². The van der Waals surface area contributed by atoms with Crippen LogP contribution in [0.1, 0.15) is 6.42 Å². The SMILES string of the molecule is CN=C(NCC1CCN(S(C)(=O)=O)C1)N1CCN(c2cccs2)CC1. The van der Waals surface area contributed by atoms with Gasteiger partial charge in [-0.15, -0.1) is 11.3 Å². The van der Waals surface area contributed by atoms with E-state index in [1.807, 2.05) is 7.05 Å². The molecule has 2 saturated heterocycles. The van der Waals surface area contributed by atoms with Crippen molar-refractivity contribution >= 4 is 32.3 Å². The van der Waals surface area contributed by atoms with Gasteiger partial charge in [-0.05, 0) is 29.9 Å². The number of piperazine rings is 1. The number of thiophene rings is 1. The van der Waals surface area contributed by atoms with Gasteiger partial charge in [0.1, 0.15) is 0 Å². The zero-order valence-corrected chi connectivity index (χ0v) is 16.5. The molecule has 3 heterocycles. The molecule has 25 heavy (non-hydrogen) atoms. The maximum Gasteiger partial charge on any atom is 0.211 e. The van der Waals surface area contributed by atoms with E-state index >= 15 is 0 Å². The highest BCUT2D eigenvalue weighted by Crippen LogP contribution is 2.22. The van der Waals surface area contributed by atoms with Crippen molar-refractivity contribution < 1.29 is 8.42 Å². The second-order valence-corrected chi connectivity index (χ2v) is 9.54. The van der Waals surface area contributed by atoms with Crippen molar-refractivity contribution in [1.82, 2.24) is 14.5 Å². The molecule has 0 aromatic carbocycles. The number of hydrogen-bond donors (Lipinski definition) is 1. The van der Waals surface area contributed by atoms with Gasteiger partial charge in [0.05, 0.1) is 11.3 Å². The highest BCUT2D eigenvalue weighted by molar-refractivity contribution is 7.88. The molecule has 1 unspecified atom stereocenters. The molecular formula is C16H27N5O2S2. The standard InChI is InChI=1S/C16H27N5O2S2/c1-17-16(18-12-14-5-6-21(13-14)25(2,22)23)20-9-7-19(8-10-20)15-4-3-11-24-15/h3-4,11,14H,5-10,12-13H2,1-2H3,(H,17,18). The molecule has 1 aromatic heterocycles. The molecule has 2 aliphatic rings. The van der Waals surface area contributed by atoms with Crippen LogP contribution in [-0.4, -0.2) is 82.7 Å². The predicted octanol–water partition coefficient (Wildman–Crippen LogP) is 0.727. The lowest BCUT2D eigenvalue weighted by Crippen LogP contribution is -2.53. The highest BCUT2D eigenvalue weighted by atomic mass is 32.2. The van der Waals surface area contributed by atoms with Crippen LogP contribution in [0.4, 0.5) is 5.00 Å². The van der Waals surface area contributed by atoms with E-state index in [9.17, 15) is 8.42 Å². The van der Waals surface area contributed by atoms with Crippen molar-refractivity contribution in [2.75, 3.05) is 64.0 Å². The first kappa shape index (κ1) is 18.5. The molecule has 0 amide bonds. The predicted molar refractivity (Wildman–Crippen MR) is 104 cm³/mol. The van der Waals surface area contributed by atoms with Gasteiger partial charge in [0, 0.05) is 52.9 Å². The van der Waals surface area contributed by atoms with Gasteiger partial charge in [0.25, 0.3) is 0 Å². The third-order valence-electron chi connectivity index (χ3n) is 4.88. The highest BCUT2D eigenvalue weighted by Gasteiger charge is 2.29. The van der Waals surface area contributed by atoms with Gasteiger partial charge in [0.2, 0.25) is 10.0 Å². The minimum Gasteiger partial charge on any atom is -0.360 e. The van der Waals surface area contributed by atoms with Crippen LogP contribution in [0.25, 0.3) is 0 Å². The van der Waals surface area contributed by atoms with Crippen molar-refractivity contribution in [3.8, 4) is 0 Å². The molecule has 140 valence electrons. The number of rotatable bonds is 4. The molecule has 1 N–H and O–H groups in total. The quantitative estimate of drug-likeness (QED) is 0.611. The van der Waals surface area contributed by atoms with Gasteiger partial charge in [0.15, 0.2) is 5.96 Å². The first-order valence-electron chi connectivity index (χ1n) is 8.66. The van der Waals surface area contributed by atoms with Gasteiger partial charge in [-0.25, -0.2) is 12.7 Å². The van der Waals surface area contributed by atoms with Gasteiger partial charge < -0.3 is 15.1 Å². The Morgan fingerprint density at radius 1 is 1.32 bits per heavy atom. The maximum absolute atomic E-state index is 11.6. The van der Waals surface area contributed by atoms with Crippen LogP contribution >= 0.6 is 11.3 Å². The molecule has 0 aliphatic carbocycles. The van der Waals surface area contributed by atoms with Crippen molar-refractivity contribution in [3.05, 3.63) is 17.5 Å². The van der Waals surface area contributed by atoms with Gasteiger partial charge in [-0.3, -0.25) is 4.99 Å². The average Bonchev–Trinajstić information content (AvgIpc) is 3.27. The summed E-state index contributed by atoms with van der Waals surface area (Å²) in [5.74, 6) is 1.27. The van der Waals surface area contributed by atoms with Crippen LogP contribution in [0.5, 0.6) is 0 Å². The molecule has 2 fully saturated rings. The van der Waals surface area contributed by atoms with Gasteiger partial charge in [-0.1, -0.05) is 0 Å². The number of sulfonamides is 1. The van der Waals surface area contributed by atoms with Gasteiger partial charge in [-0.2, -0.15) is 0 Å². The Morgan fingerprint density at radius 3 is 2.64 bits per heavy atom. The topological polar surface area (TPSA) is 68.2 Å². The van der Waals surface area contributed by atoms with Crippen LogP contribution in [0.2, 0.25) is 0 Å². The Hall–Kier alpha value is -1.32. The number of anilines is 1. The molecule has 0 saturated carbocycles. The van der Waals surface area contributed by atoms with Crippen molar-refractivity contribution in [2.45, 2.75) is 6.42 Å². The number of hydrogen-bond acceptors (Lipinski definition) is 5. The van der Waals surface area contributed by atoms with Crippen LogP contribution < -0.4 is 10.2 Å². The molecule has 3 rings (SSSR count). The van der Waals surface area contributed by atoms with E-state index in [4.69, 9.17) is 0 Å². The minimum atomic E-state index is -3.07. The fourth-order valence-electron chi connectivity index (χ4n) is 3.42. The molecule has 1 aromatic rings. The summed E-state index contributed by atoms with van der Waals surface area (Å²) < 4.78 is 24.8. The summed E-state index contributed by atoms with van der Waals surface area (Å²) >= 11 is 1.78. The minimum absolute atomic E-state index is 0.346. The second-order valence-electron chi connectivity index (χ2n) is 6.63. The molecule has 1 atom stereocenters. The third-order valence-corrected chi connectivity index (χ3v) is 7.07. The largest absolute Gasteiger partial charge is 0.360 e. The summed E-state index contributed by atoms with van der Waals surface area (Å²) in [5, 5.41) is 6.88. The number of nitrogens with one attached hydrogen (secondary N) is 1. The van der Waals surface area contributed by atoms with E-state index in [1.54, 1.807) is 15.6 Å². The summed E-state index contributed by atoms with van der Waals surface area (Å²) in [6, 6.07) is 4.26. The van der Waals surface area contributed by atoms with Crippen molar-refractivity contribution in [2.24, 2.45) is 10.9 Å². The number of nitrogens with zero attached hydrogens (tertiary/aromatic N) is 4. The van der Waals surface area contributed by atoms with E-state index in [2.05, 4.69) is 37.6 Å². The van der Waals surface area contributed by atoms with E-state index in [-0.39, 0.29) is 0 Å². The normalized spacial score (nSPS) is 23.3. The monoisotopic (exact) mass is 385 g/mol. The van der Waals surface area contributed by atoms with Gasteiger partial charge >= 0.3 is 0 Å². The summed E-state index contributed by atoms with van der Waals surface area (Å²) in [5.41, 5.74) is 0. The van der Waals surface area contributed by atoms with E-state index < -0.39 is 10.0 Å². The summed E-state index contributed by atoms with van der Waals surface area (Å²) in [7, 11) is -1.26. The molecule has 7 nitrogen and oxygen atoms in total. The first-order chi connectivity index (χ1) is 12.0. The lowest BCUT2D eigenvalue weighted by atomic mass is 10.1. The molecule has 0 bridgehead atoms. The molecular weight excluding hydrogens is 358 g/mol. The molecule has 0 spiro atoms. The van der Waals surface area contributed by atoms with Crippen LogP contribution in [0, 0.1) is 5.92 Å². The van der Waals surface area contributed by atoms with Crippen LogP contribution in [0.3, 0.4) is 0 Å². The Balaban J connectivity index is 1.46. The maximum atomic E-state index is 11.6. The van der Waals surface area contributed by atoms with E-state index in [1.165, 1.54) is 11.3 Å². The number of aliphatic imine (C=N–C) groups is 1. The van der Waals surface area contributed by atoms with Crippen molar-refractivity contribution in [1.29, 1.82) is 0 Å². The molecule has 2 aliphatic heterocycles. The summed E-state index contributed by atoms with van der Waals surface area (Å²) in [4.78, 5) is 9.11. The van der Waals surface area contributed by atoms with Crippen LogP contribution in [-0.2, 0) is 10.0 Å². The summed E-state index contributed by atoms with van der Waals surface area (Å²) in [6.45, 7) is 5.87. The van der Waals surface area contributed by atoms with Crippen molar-refractivity contribution in [3.63, 3.8) is 0 Å². The Labute approximate surface area is 154 Å². The first-order valence-corrected chi connectivity index (χ1v) is 11.4. The smallest absolute Gasteiger partial charge is 0.211 e. The Kier molecular flexibility index (Phi) is 5.85. The van der Waals surface area contributed by atoms with E-state index in [0.717, 1.165) is 45.1 Å². The Morgan fingerprint density at radius 2 is 2.08 bits per heavy atom. The average molecular weight is 386 g/mol. The Bertz CT molecular complexity index is 681. The lowest BCUT2D eigenvalue weighted by molar-refractivity contribution is 0.368. The number of guanidine groups is 1. The molecule has 9 heteroatoms. The third kappa shape index (κ3) is 4.65. The lowest BCUT2D eigenvalue weighted by Gasteiger charge is -2.37. The zero-order chi connectivity index (χ0) is 17.9.